The molecule has 0 aliphatic carbocycles. The molecule has 18 heavy (non-hydrogen) atoms. The lowest BCUT2D eigenvalue weighted by molar-refractivity contribution is 0.552. The minimum absolute atomic E-state index is 0.00854. The SMILES string of the molecule is CC1(CNS(=O)(=O)c2cccnc2Cl)CCCS1. The first-order valence-electron chi connectivity index (χ1n) is 5.67. The number of hydrogen-bond acceptors (Lipinski definition) is 4. The summed E-state index contributed by atoms with van der Waals surface area (Å²) < 4.78 is 26.8. The summed E-state index contributed by atoms with van der Waals surface area (Å²) in [5.74, 6) is 1.09. The smallest absolute Gasteiger partial charge is 0.243 e. The second kappa shape index (κ2) is 5.36. The Morgan fingerprint density at radius 3 is 3.00 bits per heavy atom. The Kier molecular flexibility index (Phi) is 4.21. The lowest BCUT2D eigenvalue weighted by Gasteiger charge is -2.22. The summed E-state index contributed by atoms with van der Waals surface area (Å²) in [5, 5.41) is 0.00854. The van der Waals surface area contributed by atoms with Gasteiger partial charge in [-0.05, 0) is 37.7 Å². The third-order valence-electron chi connectivity index (χ3n) is 2.95. The average Bonchev–Trinajstić information content (AvgIpc) is 2.75. The molecule has 0 amide bonds. The minimum Gasteiger partial charge on any atom is -0.243 e. The van der Waals surface area contributed by atoms with E-state index in [-0.39, 0.29) is 14.8 Å². The number of nitrogens with zero attached hydrogens (tertiary/aromatic N) is 1. The predicted molar refractivity (Wildman–Crippen MR) is 74.5 cm³/mol. The Hall–Kier alpha value is -0.300. The van der Waals surface area contributed by atoms with Crippen LogP contribution in [0.3, 0.4) is 0 Å². The van der Waals surface area contributed by atoms with Crippen LogP contribution in [-0.4, -0.2) is 30.4 Å². The van der Waals surface area contributed by atoms with Crippen molar-refractivity contribution in [1.29, 1.82) is 0 Å². The van der Waals surface area contributed by atoms with Crippen molar-refractivity contribution < 1.29 is 8.42 Å². The molecule has 2 heterocycles. The van der Waals surface area contributed by atoms with E-state index in [4.69, 9.17) is 11.6 Å². The Morgan fingerprint density at radius 2 is 2.39 bits per heavy atom. The average molecular weight is 307 g/mol. The summed E-state index contributed by atoms with van der Waals surface area (Å²) in [6.45, 7) is 2.50. The van der Waals surface area contributed by atoms with Crippen molar-refractivity contribution in [2.75, 3.05) is 12.3 Å². The molecule has 1 atom stereocenters. The number of aromatic nitrogens is 1. The first kappa shape index (κ1) is 14.1. The fourth-order valence-electron chi connectivity index (χ4n) is 1.87. The highest BCUT2D eigenvalue weighted by Crippen LogP contribution is 2.37. The molecule has 2 rings (SSSR count). The largest absolute Gasteiger partial charge is 0.243 e. The maximum atomic E-state index is 12.1. The summed E-state index contributed by atoms with van der Waals surface area (Å²) in [7, 11) is -3.57. The number of hydrogen-bond donors (Lipinski definition) is 1. The number of pyridine rings is 1. The van der Waals surface area contributed by atoms with Crippen molar-refractivity contribution >= 4 is 33.4 Å². The molecule has 1 aliphatic heterocycles. The minimum atomic E-state index is -3.57. The second-order valence-corrected chi connectivity index (χ2v) is 8.29. The fraction of sp³-hybridized carbons (Fsp3) is 0.545. The fourth-order valence-corrected chi connectivity index (χ4v) is 4.83. The van der Waals surface area contributed by atoms with Gasteiger partial charge in [-0.25, -0.2) is 18.1 Å². The van der Waals surface area contributed by atoms with E-state index < -0.39 is 10.0 Å². The molecule has 1 unspecified atom stereocenters. The number of nitrogens with one attached hydrogen (secondary N) is 1. The molecule has 1 aromatic rings. The van der Waals surface area contributed by atoms with E-state index in [2.05, 4.69) is 16.6 Å². The van der Waals surface area contributed by atoms with E-state index in [0.29, 0.717) is 6.54 Å². The molecule has 4 nitrogen and oxygen atoms in total. The predicted octanol–water partition coefficient (Wildman–Crippen LogP) is 2.30. The van der Waals surface area contributed by atoms with Crippen LogP contribution >= 0.6 is 23.4 Å². The third kappa shape index (κ3) is 3.17. The van der Waals surface area contributed by atoms with Gasteiger partial charge in [0.1, 0.15) is 10.0 Å². The van der Waals surface area contributed by atoms with Gasteiger partial charge in [0.25, 0.3) is 0 Å². The standard InChI is InChI=1S/C11H15ClN2O2S2/c1-11(5-3-7-17-11)8-14-18(15,16)9-4-2-6-13-10(9)12/h2,4,6,14H,3,5,7-8H2,1H3. The van der Waals surface area contributed by atoms with Crippen molar-refractivity contribution in [1.82, 2.24) is 9.71 Å². The molecule has 7 heteroatoms. The highest BCUT2D eigenvalue weighted by molar-refractivity contribution is 8.01. The van der Waals surface area contributed by atoms with E-state index in [9.17, 15) is 8.42 Å². The highest BCUT2D eigenvalue weighted by atomic mass is 35.5. The zero-order chi connectivity index (χ0) is 13.2. The van der Waals surface area contributed by atoms with Crippen LogP contribution in [0.1, 0.15) is 19.8 Å². The molecule has 0 spiro atoms. The molecular weight excluding hydrogens is 292 g/mol. The first-order valence-corrected chi connectivity index (χ1v) is 8.52. The number of thioether (sulfide) groups is 1. The molecule has 0 saturated carbocycles. The first-order chi connectivity index (χ1) is 8.43. The lowest BCUT2D eigenvalue weighted by atomic mass is 10.1. The van der Waals surface area contributed by atoms with Gasteiger partial charge in [-0.15, -0.1) is 0 Å². The van der Waals surface area contributed by atoms with Gasteiger partial charge in [0.05, 0.1) is 0 Å². The van der Waals surface area contributed by atoms with Crippen molar-refractivity contribution in [2.24, 2.45) is 0 Å². The summed E-state index contributed by atoms with van der Waals surface area (Å²) in [6, 6.07) is 3.02. The Labute approximate surface area is 117 Å². The molecule has 1 aliphatic rings. The summed E-state index contributed by atoms with van der Waals surface area (Å²) in [5.41, 5.74) is 0. The van der Waals surface area contributed by atoms with Gasteiger partial charge in [-0.2, -0.15) is 11.8 Å². The van der Waals surface area contributed by atoms with Crippen molar-refractivity contribution in [3.05, 3.63) is 23.5 Å². The van der Waals surface area contributed by atoms with Gasteiger partial charge in [-0.1, -0.05) is 11.6 Å². The van der Waals surface area contributed by atoms with E-state index in [1.54, 1.807) is 6.07 Å². The van der Waals surface area contributed by atoms with E-state index >= 15 is 0 Å². The topological polar surface area (TPSA) is 59.1 Å². The Morgan fingerprint density at radius 1 is 1.61 bits per heavy atom. The quantitative estimate of drug-likeness (QED) is 0.867. The normalized spacial score (nSPS) is 24.3. The van der Waals surface area contributed by atoms with Gasteiger partial charge >= 0.3 is 0 Å². The van der Waals surface area contributed by atoms with E-state index in [0.717, 1.165) is 18.6 Å². The van der Waals surface area contributed by atoms with Crippen molar-refractivity contribution in [2.45, 2.75) is 29.4 Å². The van der Waals surface area contributed by atoms with Gasteiger partial charge in [0, 0.05) is 17.5 Å². The van der Waals surface area contributed by atoms with Crippen LogP contribution in [-0.2, 0) is 10.0 Å². The third-order valence-corrected chi connectivity index (χ3v) is 6.34. The monoisotopic (exact) mass is 306 g/mol. The van der Waals surface area contributed by atoms with Crippen molar-refractivity contribution in [3.8, 4) is 0 Å². The van der Waals surface area contributed by atoms with Crippen LogP contribution in [0.2, 0.25) is 5.15 Å². The molecular formula is C11H15ClN2O2S2. The summed E-state index contributed by atoms with van der Waals surface area (Å²) in [6.07, 6.45) is 3.63. The number of rotatable bonds is 4. The Bertz CT molecular complexity index is 528. The molecule has 1 saturated heterocycles. The maximum absolute atomic E-state index is 12.1. The summed E-state index contributed by atoms with van der Waals surface area (Å²) >= 11 is 7.61. The zero-order valence-corrected chi connectivity index (χ0v) is 12.4. The molecule has 0 aromatic carbocycles. The zero-order valence-electron chi connectivity index (χ0n) is 10.0. The van der Waals surface area contributed by atoms with Crippen LogP contribution in [0.25, 0.3) is 0 Å². The lowest BCUT2D eigenvalue weighted by Crippen LogP contribution is -2.36. The number of sulfonamides is 1. The maximum Gasteiger partial charge on any atom is 0.243 e. The Balaban J connectivity index is 2.11. The molecule has 0 bridgehead atoms. The van der Waals surface area contributed by atoms with Gasteiger partial charge in [0.15, 0.2) is 0 Å². The molecule has 1 aromatic heterocycles. The molecule has 100 valence electrons. The van der Waals surface area contributed by atoms with Crippen LogP contribution in [0, 0.1) is 0 Å². The molecule has 0 radical (unpaired) electrons. The highest BCUT2D eigenvalue weighted by Gasteiger charge is 2.31. The van der Waals surface area contributed by atoms with Crippen LogP contribution in [0.15, 0.2) is 23.2 Å². The second-order valence-electron chi connectivity index (χ2n) is 4.52. The molecule has 1 N–H and O–H groups in total. The van der Waals surface area contributed by atoms with E-state index in [1.807, 2.05) is 11.8 Å². The van der Waals surface area contributed by atoms with Gasteiger partial charge in [0.2, 0.25) is 10.0 Å². The van der Waals surface area contributed by atoms with E-state index in [1.165, 1.54) is 12.3 Å². The van der Waals surface area contributed by atoms with Crippen LogP contribution in [0.4, 0.5) is 0 Å². The van der Waals surface area contributed by atoms with Crippen molar-refractivity contribution in [3.63, 3.8) is 0 Å². The molecule has 1 fully saturated rings. The van der Waals surface area contributed by atoms with Gasteiger partial charge in [-0.3, -0.25) is 0 Å². The van der Waals surface area contributed by atoms with Gasteiger partial charge < -0.3 is 0 Å². The summed E-state index contributed by atoms with van der Waals surface area (Å²) in [4.78, 5) is 3.82. The van der Waals surface area contributed by atoms with Crippen LogP contribution in [0.5, 0.6) is 0 Å². The number of halogens is 1. The van der Waals surface area contributed by atoms with Crippen LogP contribution < -0.4 is 4.72 Å².